The van der Waals surface area contributed by atoms with Gasteiger partial charge in [0.1, 0.15) is 0 Å². The zero-order valence-corrected chi connectivity index (χ0v) is 13.6. The van der Waals surface area contributed by atoms with Crippen molar-refractivity contribution in [3.63, 3.8) is 0 Å². The molecule has 1 fully saturated rings. The highest BCUT2D eigenvalue weighted by atomic mass is 32.1. The summed E-state index contributed by atoms with van der Waals surface area (Å²) in [5.41, 5.74) is 1.20. The van der Waals surface area contributed by atoms with Crippen LogP contribution < -0.4 is 0 Å². The molecule has 1 aromatic heterocycles. The Hall–Kier alpha value is -1.44. The molecule has 1 aliphatic heterocycles. The lowest BCUT2D eigenvalue weighted by molar-refractivity contribution is -0.142. The summed E-state index contributed by atoms with van der Waals surface area (Å²) in [6.45, 7) is 2.15. The van der Waals surface area contributed by atoms with Crippen LogP contribution in [0.25, 0.3) is 0 Å². The second-order valence-corrected chi connectivity index (χ2v) is 6.33. The second kappa shape index (κ2) is 8.26. The van der Waals surface area contributed by atoms with Crippen LogP contribution in [0, 0.1) is 0 Å². The Bertz CT molecular complexity index is 492. The molecule has 7 heteroatoms. The Kier molecular flexibility index (Phi) is 6.35. The van der Waals surface area contributed by atoms with Gasteiger partial charge in [0.2, 0.25) is 5.91 Å². The summed E-state index contributed by atoms with van der Waals surface area (Å²) in [5, 5.41) is 12.9. The molecule has 22 heavy (non-hydrogen) atoms. The summed E-state index contributed by atoms with van der Waals surface area (Å²) < 4.78 is 5.63. The first-order valence-corrected chi connectivity index (χ1v) is 8.29. The molecule has 1 amide bonds. The van der Waals surface area contributed by atoms with E-state index in [-0.39, 0.29) is 18.6 Å². The van der Waals surface area contributed by atoms with Gasteiger partial charge in [-0.05, 0) is 35.9 Å². The minimum absolute atomic E-state index is 0.0219. The number of likely N-dealkylation sites (N-methyl/N-ethyl adjacent to an activating group) is 1. The van der Waals surface area contributed by atoms with Crippen molar-refractivity contribution in [3.8, 4) is 0 Å². The topological polar surface area (TPSA) is 70.1 Å². The van der Waals surface area contributed by atoms with Crippen molar-refractivity contribution >= 4 is 23.2 Å². The molecule has 6 nitrogen and oxygen atoms in total. The maximum Gasteiger partial charge on any atom is 0.317 e. The third-order valence-electron chi connectivity index (χ3n) is 3.62. The Labute approximate surface area is 134 Å². The first kappa shape index (κ1) is 16.9. The van der Waals surface area contributed by atoms with Gasteiger partial charge in [-0.15, -0.1) is 0 Å². The van der Waals surface area contributed by atoms with Crippen LogP contribution in [0.15, 0.2) is 16.8 Å². The lowest BCUT2D eigenvalue weighted by Gasteiger charge is -2.34. The smallest absolute Gasteiger partial charge is 0.317 e. The number of amides is 1. The normalized spacial score (nSPS) is 18.6. The third kappa shape index (κ3) is 5.40. The Morgan fingerprint density at radius 1 is 1.55 bits per heavy atom. The number of hydrogen-bond donors (Lipinski definition) is 1. The molecule has 0 radical (unpaired) electrons. The van der Waals surface area contributed by atoms with E-state index in [0.717, 1.165) is 6.42 Å². The van der Waals surface area contributed by atoms with Gasteiger partial charge in [-0.25, -0.2) is 0 Å². The summed E-state index contributed by atoms with van der Waals surface area (Å²) in [4.78, 5) is 26.5. The van der Waals surface area contributed by atoms with Crippen molar-refractivity contribution in [1.82, 2.24) is 9.80 Å². The number of aryl methyl sites for hydroxylation is 1. The summed E-state index contributed by atoms with van der Waals surface area (Å²) in [7, 11) is 1.74. The molecule has 0 aliphatic carbocycles. The number of carbonyl (C=O) groups is 2. The van der Waals surface area contributed by atoms with Crippen LogP contribution >= 0.6 is 11.3 Å². The third-order valence-corrected chi connectivity index (χ3v) is 4.35. The summed E-state index contributed by atoms with van der Waals surface area (Å²) >= 11 is 1.64. The number of rotatable bonds is 7. The average molecular weight is 326 g/mol. The average Bonchev–Trinajstić information content (AvgIpc) is 2.97. The first-order chi connectivity index (χ1) is 10.5. The molecule has 0 aromatic carbocycles. The van der Waals surface area contributed by atoms with Gasteiger partial charge in [0, 0.05) is 26.1 Å². The van der Waals surface area contributed by atoms with E-state index in [9.17, 15) is 9.59 Å². The largest absolute Gasteiger partial charge is 0.480 e. The molecule has 2 rings (SSSR count). The van der Waals surface area contributed by atoms with Crippen LogP contribution in [-0.4, -0.2) is 72.7 Å². The molecule has 0 spiro atoms. The Balaban J connectivity index is 1.76. The Morgan fingerprint density at radius 2 is 2.36 bits per heavy atom. The van der Waals surface area contributed by atoms with Gasteiger partial charge in [0.25, 0.3) is 0 Å². The zero-order valence-electron chi connectivity index (χ0n) is 12.7. The molecule has 2 heterocycles. The van der Waals surface area contributed by atoms with Crippen LogP contribution in [0.5, 0.6) is 0 Å². The van der Waals surface area contributed by atoms with Gasteiger partial charge in [-0.1, -0.05) is 0 Å². The maximum absolute atomic E-state index is 12.3. The van der Waals surface area contributed by atoms with Crippen molar-refractivity contribution < 1.29 is 19.4 Å². The van der Waals surface area contributed by atoms with E-state index < -0.39 is 5.97 Å². The molecular weight excluding hydrogens is 304 g/mol. The summed E-state index contributed by atoms with van der Waals surface area (Å²) in [5.74, 6) is -0.720. The second-order valence-electron chi connectivity index (χ2n) is 5.55. The number of nitrogens with zero attached hydrogens (tertiary/aromatic N) is 2. The van der Waals surface area contributed by atoms with Gasteiger partial charge in [0.15, 0.2) is 0 Å². The molecule has 122 valence electrons. The number of carboxylic acid groups (broad SMARTS) is 1. The van der Waals surface area contributed by atoms with Gasteiger partial charge < -0.3 is 14.7 Å². The number of carboxylic acids is 1. The van der Waals surface area contributed by atoms with E-state index in [1.54, 1.807) is 23.3 Å². The molecule has 0 saturated carbocycles. The maximum atomic E-state index is 12.3. The highest BCUT2D eigenvalue weighted by molar-refractivity contribution is 7.07. The van der Waals surface area contributed by atoms with E-state index in [2.05, 4.69) is 5.38 Å². The summed E-state index contributed by atoms with van der Waals surface area (Å²) in [6, 6.07) is 2.04. The van der Waals surface area contributed by atoms with E-state index in [4.69, 9.17) is 9.84 Å². The molecule has 1 atom stereocenters. The van der Waals surface area contributed by atoms with Crippen molar-refractivity contribution in [2.24, 2.45) is 0 Å². The zero-order chi connectivity index (χ0) is 15.9. The van der Waals surface area contributed by atoms with Crippen molar-refractivity contribution in [1.29, 1.82) is 0 Å². The van der Waals surface area contributed by atoms with Crippen molar-refractivity contribution in [2.45, 2.75) is 18.9 Å². The fraction of sp³-hybridized carbons (Fsp3) is 0.600. The van der Waals surface area contributed by atoms with Crippen LogP contribution in [0.4, 0.5) is 0 Å². The fourth-order valence-electron chi connectivity index (χ4n) is 2.54. The Morgan fingerprint density at radius 3 is 3.05 bits per heavy atom. The van der Waals surface area contributed by atoms with Crippen LogP contribution in [-0.2, 0) is 20.7 Å². The van der Waals surface area contributed by atoms with Gasteiger partial charge in [0.05, 0.1) is 19.3 Å². The predicted molar refractivity (Wildman–Crippen MR) is 84.1 cm³/mol. The van der Waals surface area contributed by atoms with Crippen molar-refractivity contribution in [2.75, 3.05) is 39.8 Å². The molecule has 0 bridgehead atoms. The standard InChI is InChI=1S/C15H22N2O4S/c1-16(10-15(19)20)8-13-9-17(5-6-21-13)14(18)3-2-12-4-7-22-11-12/h4,7,11,13H,2-3,5-6,8-10H2,1H3,(H,19,20). The minimum Gasteiger partial charge on any atom is -0.480 e. The monoisotopic (exact) mass is 326 g/mol. The van der Waals surface area contributed by atoms with Gasteiger partial charge >= 0.3 is 5.97 Å². The molecule has 1 N–H and O–H groups in total. The van der Waals surface area contributed by atoms with E-state index in [1.165, 1.54) is 5.56 Å². The van der Waals surface area contributed by atoms with E-state index >= 15 is 0 Å². The molecule has 1 aromatic rings. The van der Waals surface area contributed by atoms with E-state index in [0.29, 0.717) is 32.7 Å². The lowest BCUT2D eigenvalue weighted by Crippen LogP contribution is -2.49. The molecule has 1 aliphatic rings. The number of ether oxygens (including phenoxy) is 1. The van der Waals surface area contributed by atoms with Crippen LogP contribution in [0.3, 0.4) is 0 Å². The molecule has 1 unspecified atom stereocenters. The highest BCUT2D eigenvalue weighted by Crippen LogP contribution is 2.12. The lowest BCUT2D eigenvalue weighted by atomic mass is 10.1. The fourth-order valence-corrected chi connectivity index (χ4v) is 3.25. The van der Waals surface area contributed by atoms with Crippen LogP contribution in [0.2, 0.25) is 0 Å². The quantitative estimate of drug-likeness (QED) is 0.807. The SMILES string of the molecule is CN(CC(=O)O)CC1CN(C(=O)CCc2ccsc2)CCO1. The minimum atomic E-state index is -0.859. The van der Waals surface area contributed by atoms with Crippen molar-refractivity contribution in [3.05, 3.63) is 22.4 Å². The van der Waals surface area contributed by atoms with Gasteiger partial charge in [-0.2, -0.15) is 11.3 Å². The summed E-state index contributed by atoms with van der Waals surface area (Å²) in [6.07, 6.45) is 1.15. The van der Waals surface area contributed by atoms with Crippen LogP contribution in [0.1, 0.15) is 12.0 Å². The number of carbonyl (C=O) groups excluding carboxylic acids is 1. The highest BCUT2D eigenvalue weighted by Gasteiger charge is 2.25. The molecule has 1 saturated heterocycles. The number of thiophene rings is 1. The first-order valence-electron chi connectivity index (χ1n) is 7.35. The predicted octanol–water partition coefficient (Wildman–Crippen LogP) is 0.925. The van der Waals surface area contributed by atoms with Gasteiger partial charge in [-0.3, -0.25) is 14.5 Å². The molecular formula is C15H22N2O4S. The number of hydrogen-bond acceptors (Lipinski definition) is 5. The number of morpholine rings is 1. The number of aliphatic carboxylic acids is 1. The van der Waals surface area contributed by atoms with E-state index in [1.807, 2.05) is 16.3 Å².